The monoisotopic (exact) mass is 762 g/mol. The van der Waals surface area contributed by atoms with Crippen molar-refractivity contribution in [1.82, 2.24) is 39.9 Å². The Balaban J connectivity index is 1.39. The lowest BCUT2D eigenvalue weighted by molar-refractivity contribution is 0.0517. The fraction of sp³-hybridized carbons (Fsp3) is 0.0870. The molecule has 0 amide bonds. The Labute approximate surface area is 332 Å². The van der Waals surface area contributed by atoms with Crippen LogP contribution in [0, 0.1) is 0 Å². The van der Waals surface area contributed by atoms with E-state index in [0.717, 1.165) is 66.6 Å². The molecule has 12 nitrogen and oxygen atoms in total. The van der Waals surface area contributed by atoms with Gasteiger partial charge in [0.2, 0.25) is 0 Å². The smallest absolute Gasteiger partial charge is 0.338 e. The van der Waals surface area contributed by atoms with Gasteiger partial charge in [0, 0.05) is 80.2 Å². The highest BCUT2D eigenvalue weighted by Crippen LogP contribution is 2.38. The summed E-state index contributed by atoms with van der Waals surface area (Å²) in [6, 6.07) is 22.7. The van der Waals surface area contributed by atoms with E-state index < -0.39 is 0 Å². The summed E-state index contributed by atoms with van der Waals surface area (Å²) in [6.07, 6.45) is 18.0. The normalized spacial score (nSPS) is 11.8. The minimum atomic E-state index is -0.387. The predicted molar refractivity (Wildman–Crippen MR) is 224 cm³/mol. The first-order chi connectivity index (χ1) is 28.5. The molecule has 5 aromatic heterocycles. The number of hydrogen-bond acceptors (Lipinski definition) is 10. The topological polar surface area (TPSA) is 162 Å². The van der Waals surface area contributed by atoms with Gasteiger partial charge in [0.25, 0.3) is 0 Å². The molecule has 2 aliphatic heterocycles. The van der Waals surface area contributed by atoms with Crippen molar-refractivity contribution in [2.24, 2.45) is 0 Å². The minimum absolute atomic E-state index is 0.283. The van der Waals surface area contributed by atoms with Crippen molar-refractivity contribution >= 4 is 58.3 Å². The summed E-state index contributed by atoms with van der Waals surface area (Å²) in [5.74, 6) is -0.773. The van der Waals surface area contributed by atoms with E-state index in [1.54, 1.807) is 62.9 Å². The first kappa shape index (κ1) is 35.8. The fourth-order valence-electron chi connectivity index (χ4n) is 7.25. The summed E-state index contributed by atoms with van der Waals surface area (Å²) < 4.78 is 10.5. The molecular formula is C46H34N8O4. The number of H-pyrrole nitrogens is 2. The number of aromatic amines is 2. The number of carbonyl (C=O) groups is 2. The lowest BCUT2D eigenvalue weighted by atomic mass is 10.0. The molecule has 0 saturated heterocycles. The number of fused-ring (bicyclic) bond motifs is 8. The number of nitrogens with one attached hydrogen (secondary N) is 2. The van der Waals surface area contributed by atoms with Crippen LogP contribution in [-0.4, -0.2) is 65.0 Å². The Kier molecular flexibility index (Phi) is 9.48. The van der Waals surface area contributed by atoms with Gasteiger partial charge < -0.3 is 19.4 Å². The fourth-order valence-corrected chi connectivity index (χ4v) is 7.25. The summed E-state index contributed by atoms with van der Waals surface area (Å²) in [5.41, 5.74) is 13.3. The van der Waals surface area contributed by atoms with Crippen molar-refractivity contribution in [3.63, 3.8) is 0 Å². The van der Waals surface area contributed by atoms with Crippen molar-refractivity contribution in [2.75, 3.05) is 13.2 Å². The van der Waals surface area contributed by atoms with E-state index >= 15 is 0 Å². The van der Waals surface area contributed by atoms with Gasteiger partial charge in [0.05, 0.1) is 47.1 Å². The molecule has 7 heterocycles. The Bertz CT molecular complexity index is 2730. The van der Waals surface area contributed by atoms with Crippen molar-refractivity contribution in [3.8, 4) is 44.5 Å². The van der Waals surface area contributed by atoms with Crippen LogP contribution in [0.25, 0.3) is 90.9 Å². The van der Waals surface area contributed by atoms with E-state index in [1.807, 2.05) is 72.8 Å². The molecule has 0 spiro atoms. The van der Waals surface area contributed by atoms with Crippen LogP contribution in [-0.2, 0) is 9.47 Å². The highest BCUT2D eigenvalue weighted by atomic mass is 16.5. The van der Waals surface area contributed by atoms with Gasteiger partial charge >= 0.3 is 11.9 Å². The third-order valence-electron chi connectivity index (χ3n) is 9.82. The van der Waals surface area contributed by atoms with E-state index in [2.05, 4.69) is 29.9 Å². The highest BCUT2D eigenvalue weighted by Gasteiger charge is 2.20. The van der Waals surface area contributed by atoms with Gasteiger partial charge in [-0.1, -0.05) is 24.3 Å². The molecule has 12 heteroatoms. The molecule has 0 atom stereocenters. The van der Waals surface area contributed by atoms with E-state index in [-0.39, 0.29) is 25.2 Å². The van der Waals surface area contributed by atoms with Crippen LogP contribution in [0.15, 0.2) is 110 Å². The van der Waals surface area contributed by atoms with Gasteiger partial charge in [-0.2, -0.15) is 0 Å². The molecule has 8 bridgehead atoms. The molecule has 9 rings (SSSR count). The SMILES string of the molecule is CCOC(=O)c1ccc(-c2c3nc(c(-c4cncnc4)c4ccc([nH]4)c(-c4ccc(C(=O)OCC)cc4)c4nc(c(-c5cncnc5)c5ccc2[nH]5)C=C4)C=C3)cc1. The molecule has 2 N–H and O–H groups in total. The maximum atomic E-state index is 12.6. The van der Waals surface area contributed by atoms with Crippen molar-refractivity contribution in [1.29, 1.82) is 0 Å². The highest BCUT2D eigenvalue weighted by molar-refractivity contribution is 6.00. The van der Waals surface area contributed by atoms with Crippen LogP contribution < -0.4 is 0 Å². The minimum Gasteiger partial charge on any atom is -0.462 e. The molecule has 0 aliphatic carbocycles. The molecule has 2 aliphatic rings. The van der Waals surface area contributed by atoms with Crippen molar-refractivity contribution < 1.29 is 19.1 Å². The average Bonchev–Trinajstić information content (AvgIpc) is 4.11. The molecular weight excluding hydrogens is 729 g/mol. The molecule has 2 aromatic carbocycles. The summed E-state index contributed by atoms with van der Waals surface area (Å²) in [5, 5.41) is 0. The molecule has 282 valence electrons. The number of benzene rings is 2. The van der Waals surface area contributed by atoms with Crippen LogP contribution in [0.5, 0.6) is 0 Å². The van der Waals surface area contributed by atoms with Gasteiger partial charge in [-0.15, -0.1) is 0 Å². The first-order valence-electron chi connectivity index (χ1n) is 18.7. The molecule has 7 aromatic rings. The van der Waals surface area contributed by atoms with Gasteiger partial charge in [0.1, 0.15) is 12.7 Å². The third-order valence-corrected chi connectivity index (χ3v) is 9.82. The summed E-state index contributed by atoms with van der Waals surface area (Å²) in [4.78, 5) is 60.5. The number of esters is 2. The number of aromatic nitrogens is 8. The van der Waals surface area contributed by atoms with Gasteiger partial charge in [-0.25, -0.2) is 39.5 Å². The third kappa shape index (κ3) is 6.72. The molecule has 0 unspecified atom stereocenters. The van der Waals surface area contributed by atoms with E-state index in [9.17, 15) is 9.59 Å². The van der Waals surface area contributed by atoms with E-state index in [1.165, 1.54) is 12.7 Å². The number of ether oxygens (including phenoxy) is 2. The zero-order chi connectivity index (χ0) is 39.6. The Morgan fingerprint density at radius 3 is 1.07 bits per heavy atom. The standard InChI is InChI=1S/C46H34N8O4/c1-3-57-45(55)29-9-5-27(6-10-29)41-33-13-17-37(51-33)43(31-21-47-25-48-22-31)39-19-15-35(53-39)42(28-7-11-30(12-8-28)46(56)58-4-2)36-16-20-40(54-36)44(32-23-49-26-50-24-32)38-18-14-34(41)52-38/h5-26,51,54H,3-4H2,1-2H3. The number of rotatable bonds is 8. The average molecular weight is 763 g/mol. The summed E-state index contributed by atoms with van der Waals surface area (Å²) in [6.45, 7) is 4.13. The maximum absolute atomic E-state index is 12.6. The number of hydrogen-bond donors (Lipinski definition) is 2. The second kappa shape index (κ2) is 15.3. The maximum Gasteiger partial charge on any atom is 0.338 e. The number of carbonyl (C=O) groups excluding carboxylic acids is 2. The lowest BCUT2D eigenvalue weighted by Gasteiger charge is -2.07. The zero-order valence-corrected chi connectivity index (χ0v) is 31.4. The Morgan fingerprint density at radius 2 is 0.759 bits per heavy atom. The van der Waals surface area contributed by atoms with Crippen molar-refractivity contribution in [3.05, 3.63) is 144 Å². The lowest BCUT2D eigenvalue weighted by Crippen LogP contribution is -2.04. The van der Waals surface area contributed by atoms with Crippen molar-refractivity contribution in [2.45, 2.75) is 13.8 Å². The van der Waals surface area contributed by atoms with Crippen LogP contribution >= 0.6 is 0 Å². The van der Waals surface area contributed by atoms with Crippen LogP contribution in [0.4, 0.5) is 0 Å². The van der Waals surface area contributed by atoms with Gasteiger partial charge in [-0.05, 0) is 97.8 Å². The van der Waals surface area contributed by atoms with E-state index in [4.69, 9.17) is 19.4 Å². The molecule has 0 fully saturated rings. The zero-order valence-electron chi connectivity index (χ0n) is 31.4. The summed E-state index contributed by atoms with van der Waals surface area (Å²) >= 11 is 0. The molecule has 0 saturated carbocycles. The van der Waals surface area contributed by atoms with Crippen LogP contribution in [0.3, 0.4) is 0 Å². The van der Waals surface area contributed by atoms with Gasteiger partial charge in [0.15, 0.2) is 0 Å². The largest absolute Gasteiger partial charge is 0.462 e. The summed E-state index contributed by atoms with van der Waals surface area (Å²) in [7, 11) is 0. The second-order valence-electron chi connectivity index (χ2n) is 13.4. The quantitative estimate of drug-likeness (QED) is 0.143. The van der Waals surface area contributed by atoms with Gasteiger partial charge in [-0.3, -0.25) is 0 Å². The second-order valence-corrected chi connectivity index (χ2v) is 13.4. The molecule has 0 radical (unpaired) electrons. The Morgan fingerprint density at radius 1 is 0.448 bits per heavy atom. The molecule has 58 heavy (non-hydrogen) atoms. The van der Waals surface area contributed by atoms with Crippen LogP contribution in [0.2, 0.25) is 0 Å². The predicted octanol–water partition coefficient (Wildman–Crippen LogP) is 9.26. The van der Waals surface area contributed by atoms with Crippen LogP contribution in [0.1, 0.15) is 57.3 Å². The Hall–Kier alpha value is -7.86. The number of nitrogens with zero attached hydrogens (tertiary/aromatic N) is 6. The first-order valence-corrected chi connectivity index (χ1v) is 18.7. The van der Waals surface area contributed by atoms with E-state index in [0.29, 0.717) is 33.9 Å².